The first-order valence-electron chi connectivity index (χ1n) is 4.37. The average Bonchev–Trinajstić information content (AvgIpc) is 2.20. The lowest BCUT2D eigenvalue weighted by molar-refractivity contribution is -0.131. The number of hydrogen-bond donors (Lipinski definition) is 1. The third-order valence-corrected chi connectivity index (χ3v) is 1.76. The van der Waals surface area contributed by atoms with Gasteiger partial charge in [-0.15, -0.1) is 0 Å². The first kappa shape index (κ1) is 11.7. The van der Waals surface area contributed by atoms with Gasteiger partial charge in [0.25, 0.3) is 0 Å². The van der Waals surface area contributed by atoms with Crippen molar-refractivity contribution < 1.29 is 9.90 Å². The van der Waals surface area contributed by atoms with Crippen LogP contribution in [-0.2, 0) is 4.79 Å². The summed E-state index contributed by atoms with van der Waals surface area (Å²) in [5, 5.41) is 7.60. The standard InChI is InChI=1S/C8H12.C3H4O2/c1-2-8-6-4-3-5-7-8;1-2-3(4)5/h2,6H,1,3-5,7H2;2H,1H2,(H,4,5). The van der Waals surface area contributed by atoms with E-state index in [0.29, 0.717) is 0 Å². The molecule has 0 unspecified atom stereocenters. The summed E-state index contributed by atoms with van der Waals surface area (Å²) in [5.41, 5.74) is 1.44. The highest BCUT2D eigenvalue weighted by atomic mass is 16.4. The van der Waals surface area contributed by atoms with Gasteiger partial charge in [-0.3, -0.25) is 0 Å². The van der Waals surface area contributed by atoms with Crippen LogP contribution in [0.1, 0.15) is 25.7 Å². The summed E-state index contributed by atoms with van der Waals surface area (Å²) in [7, 11) is 0. The maximum atomic E-state index is 9.25. The first-order valence-corrected chi connectivity index (χ1v) is 4.37. The van der Waals surface area contributed by atoms with Crippen molar-refractivity contribution in [3.05, 3.63) is 37.0 Å². The Morgan fingerprint density at radius 2 is 2.08 bits per heavy atom. The van der Waals surface area contributed by atoms with Crippen LogP contribution in [0.2, 0.25) is 0 Å². The quantitative estimate of drug-likeness (QED) is 0.663. The second kappa shape index (κ2) is 7.35. The Hall–Kier alpha value is -1.31. The highest BCUT2D eigenvalue weighted by Gasteiger charge is 1.97. The lowest BCUT2D eigenvalue weighted by Crippen LogP contribution is -1.86. The number of aliphatic carboxylic acids is 1. The molecule has 1 aliphatic rings. The van der Waals surface area contributed by atoms with Crippen molar-refractivity contribution in [3.63, 3.8) is 0 Å². The number of carbonyl (C=O) groups is 1. The number of allylic oxidation sites excluding steroid dienone is 3. The Kier molecular flexibility index (Phi) is 6.60. The summed E-state index contributed by atoms with van der Waals surface area (Å²) >= 11 is 0. The minimum atomic E-state index is -0.981. The summed E-state index contributed by atoms with van der Waals surface area (Å²) < 4.78 is 0. The van der Waals surface area contributed by atoms with Crippen LogP contribution in [0.4, 0.5) is 0 Å². The molecule has 0 radical (unpaired) electrons. The molecule has 1 aliphatic carbocycles. The molecule has 0 bridgehead atoms. The van der Waals surface area contributed by atoms with E-state index >= 15 is 0 Å². The van der Waals surface area contributed by atoms with Crippen molar-refractivity contribution in [1.82, 2.24) is 0 Å². The van der Waals surface area contributed by atoms with Gasteiger partial charge in [0.15, 0.2) is 0 Å². The van der Waals surface area contributed by atoms with Gasteiger partial charge >= 0.3 is 5.97 Å². The molecule has 0 aliphatic heterocycles. The van der Waals surface area contributed by atoms with E-state index in [1.54, 1.807) is 0 Å². The van der Waals surface area contributed by atoms with Gasteiger partial charge in [0.2, 0.25) is 0 Å². The Balaban J connectivity index is 0.000000252. The third kappa shape index (κ3) is 7.06. The zero-order valence-electron chi connectivity index (χ0n) is 7.83. The maximum absolute atomic E-state index is 9.25. The topological polar surface area (TPSA) is 37.3 Å². The molecule has 0 fully saturated rings. The Bertz CT molecular complexity index is 214. The summed E-state index contributed by atoms with van der Waals surface area (Å²) in [6.07, 6.45) is 10.3. The van der Waals surface area contributed by atoms with Crippen LogP contribution in [-0.4, -0.2) is 11.1 Å². The molecule has 0 aromatic heterocycles. The van der Waals surface area contributed by atoms with Crippen molar-refractivity contribution in [2.45, 2.75) is 25.7 Å². The fraction of sp³-hybridized carbons (Fsp3) is 0.364. The number of carboxylic acid groups (broad SMARTS) is 1. The van der Waals surface area contributed by atoms with Crippen LogP contribution in [0.3, 0.4) is 0 Å². The molecule has 0 atom stereocenters. The molecule has 0 heterocycles. The summed E-state index contributed by atoms with van der Waals surface area (Å²) in [6, 6.07) is 0. The SMILES string of the molecule is C=CC(=O)O.C=CC1=CCCCC1. The molecule has 2 nitrogen and oxygen atoms in total. The molecule has 0 aromatic carbocycles. The molecule has 0 saturated carbocycles. The van der Waals surface area contributed by atoms with Gasteiger partial charge in [0.05, 0.1) is 0 Å². The Morgan fingerprint density at radius 3 is 2.31 bits per heavy atom. The highest BCUT2D eigenvalue weighted by Crippen LogP contribution is 2.16. The molecule has 1 N–H and O–H groups in total. The highest BCUT2D eigenvalue weighted by molar-refractivity contribution is 5.78. The van der Waals surface area contributed by atoms with Crippen molar-refractivity contribution in [3.8, 4) is 0 Å². The summed E-state index contributed by atoms with van der Waals surface area (Å²) in [4.78, 5) is 9.25. The van der Waals surface area contributed by atoms with E-state index in [0.717, 1.165) is 6.08 Å². The van der Waals surface area contributed by atoms with Crippen molar-refractivity contribution in [1.29, 1.82) is 0 Å². The normalized spacial score (nSPS) is 14.6. The molecular weight excluding hydrogens is 164 g/mol. The number of rotatable bonds is 2. The van der Waals surface area contributed by atoms with Crippen molar-refractivity contribution in [2.24, 2.45) is 0 Å². The summed E-state index contributed by atoms with van der Waals surface area (Å²) in [6.45, 7) is 6.68. The number of hydrogen-bond acceptors (Lipinski definition) is 1. The molecule has 2 heteroatoms. The predicted molar refractivity (Wildman–Crippen MR) is 54.6 cm³/mol. The fourth-order valence-electron chi connectivity index (χ4n) is 1.05. The van der Waals surface area contributed by atoms with Gasteiger partial charge in [-0.2, -0.15) is 0 Å². The molecule has 13 heavy (non-hydrogen) atoms. The maximum Gasteiger partial charge on any atom is 0.327 e. The van der Waals surface area contributed by atoms with E-state index < -0.39 is 5.97 Å². The van der Waals surface area contributed by atoms with Crippen LogP contribution in [0.5, 0.6) is 0 Å². The largest absolute Gasteiger partial charge is 0.478 e. The van der Waals surface area contributed by atoms with E-state index in [4.69, 9.17) is 5.11 Å². The van der Waals surface area contributed by atoms with Gasteiger partial charge in [0, 0.05) is 6.08 Å². The second-order valence-electron chi connectivity index (χ2n) is 2.77. The van der Waals surface area contributed by atoms with Crippen LogP contribution in [0.25, 0.3) is 0 Å². The van der Waals surface area contributed by atoms with E-state index in [1.165, 1.54) is 31.3 Å². The lowest BCUT2D eigenvalue weighted by Gasteiger charge is -2.06. The van der Waals surface area contributed by atoms with E-state index in [9.17, 15) is 4.79 Å². The minimum Gasteiger partial charge on any atom is -0.478 e. The molecule has 1 rings (SSSR count). The van der Waals surface area contributed by atoms with Crippen molar-refractivity contribution >= 4 is 5.97 Å². The van der Waals surface area contributed by atoms with E-state index in [-0.39, 0.29) is 0 Å². The van der Waals surface area contributed by atoms with Crippen LogP contribution in [0.15, 0.2) is 37.0 Å². The van der Waals surface area contributed by atoms with E-state index in [1.807, 2.05) is 6.08 Å². The molecular formula is C11H16O2. The molecule has 72 valence electrons. The molecule has 0 spiro atoms. The Morgan fingerprint density at radius 1 is 1.46 bits per heavy atom. The lowest BCUT2D eigenvalue weighted by atomic mass is 10.0. The fourth-order valence-corrected chi connectivity index (χ4v) is 1.05. The second-order valence-corrected chi connectivity index (χ2v) is 2.77. The van der Waals surface area contributed by atoms with Gasteiger partial charge in [-0.05, 0) is 25.7 Å². The van der Waals surface area contributed by atoms with Gasteiger partial charge < -0.3 is 5.11 Å². The van der Waals surface area contributed by atoms with Gasteiger partial charge in [-0.1, -0.05) is 30.9 Å². The predicted octanol–water partition coefficient (Wildman–Crippen LogP) is 2.93. The van der Waals surface area contributed by atoms with Crippen LogP contribution < -0.4 is 0 Å². The zero-order chi connectivity index (χ0) is 10.1. The van der Waals surface area contributed by atoms with Crippen molar-refractivity contribution in [2.75, 3.05) is 0 Å². The third-order valence-electron chi connectivity index (χ3n) is 1.76. The smallest absolute Gasteiger partial charge is 0.327 e. The Labute approximate surface area is 79.3 Å². The summed E-state index contributed by atoms with van der Waals surface area (Å²) in [5.74, 6) is -0.981. The molecule has 0 aromatic rings. The monoisotopic (exact) mass is 180 g/mol. The van der Waals surface area contributed by atoms with Crippen LogP contribution >= 0.6 is 0 Å². The first-order chi connectivity index (χ1) is 6.20. The molecule has 0 amide bonds. The zero-order valence-corrected chi connectivity index (χ0v) is 7.83. The minimum absolute atomic E-state index is 0.833. The van der Waals surface area contributed by atoms with Crippen LogP contribution in [0, 0.1) is 0 Å². The average molecular weight is 180 g/mol. The number of carboxylic acids is 1. The van der Waals surface area contributed by atoms with Gasteiger partial charge in [0.1, 0.15) is 0 Å². The molecule has 0 saturated heterocycles. The van der Waals surface area contributed by atoms with E-state index in [2.05, 4.69) is 19.2 Å². The van der Waals surface area contributed by atoms with Gasteiger partial charge in [-0.25, -0.2) is 4.79 Å².